The quantitative estimate of drug-likeness (QED) is 0.233. The van der Waals surface area contributed by atoms with E-state index in [1.165, 1.54) is 15.5 Å². The SMILES string of the molecule is c1ccc(-c2ccc(-c3ncco3)c(-n3c4ccccc4c4ccc(-c5nc6ccccc6s5)cc43)c2)nc1. The van der Waals surface area contributed by atoms with E-state index in [1.54, 1.807) is 23.8 Å². The first kappa shape index (κ1) is 22.0. The fourth-order valence-electron chi connectivity index (χ4n) is 5.31. The molecule has 0 radical (unpaired) electrons. The summed E-state index contributed by atoms with van der Waals surface area (Å²) in [6.45, 7) is 0. The van der Waals surface area contributed by atoms with Crippen LogP contribution in [0.5, 0.6) is 0 Å². The molecule has 0 amide bonds. The number of thiazole rings is 1. The summed E-state index contributed by atoms with van der Waals surface area (Å²) in [6.07, 6.45) is 5.12. The molecule has 184 valence electrons. The van der Waals surface area contributed by atoms with Gasteiger partial charge in [0.25, 0.3) is 0 Å². The van der Waals surface area contributed by atoms with Crippen LogP contribution in [-0.2, 0) is 0 Å². The Morgan fingerprint density at radius 2 is 1.51 bits per heavy atom. The molecule has 0 atom stereocenters. The first-order valence-corrected chi connectivity index (χ1v) is 13.5. The number of pyridine rings is 1. The van der Waals surface area contributed by atoms with E-state index in [-0.39, 0.29) is 0 Å². The molecule has 0 aliphatic rings. The zero-order chi connectivity index (χ0) is 25.8. The van der Waals surface area contributed by atoms with E-state index in [1.807, 2.05) is 30.5 Å². The minimum Gasteiger partial charge on any atom is -0.444 e. The molecule has 8 aromatic rings. The van der Waals surface area contributed by atoms with Gasteiger partial charge in [-0.05, 0) is 48.5 Å². The summed E-state index contributed by atoms with van der Waals surface area (Å²) >= 11 is 1.71. The Kier molecular flexibility index (Phi) is 4.93. The van der Waals surface area contributed by atoms with Crippen molar-refractivity contribution >= 4 is 43.4 Å². The smallest absolute Gasteiger partial charge is 0.227 e. The van der Waals surface area contributed by atoms with Crippen molar-refractivity contribution in [3.63, 3.8) is 0 Å². The van der Waals surface area contributed by atoms with Gasteiger partial charge in [0, 0.05) is 28.1 Å². The Balaban J connectivity index is 1.44. The molecule has 4 heterocycles. The molecule has 0 N–H and O–H groups in total. The average Bonchev–Trinajstić information content (AvgIpc) is 3.75. The molecule has 6 heteroatoms. The second-order valence-electron chi connectivity index (χ2n) is 9.36. The first-order chi connectivity index (χ1) is 19.3. The third-order valence-electron chi connectivity index (χ3n) is 7.08. The molecule has 0 saturated heterocycles. The van der Waals surface area contributed by atoms with E-state index in [4.69, 9.17) is 9.40 Å². The second-order valence-corrected chi connectivity index (χ2v) is 10.4. The van der Waals surface area contributed by atoms with Crippen molar-refractivity contribution in [1.82, 2.24) is 19.5 Å². The zero-order valence-corrected chi connectivity index (χ0v) is 21.5. The average molecular weight is 521 g/mol. The van der Waals surface area contributed by atoms with Crippen molar-refractivity contribution in [2.24, 2.45) is 0 Å². The maximum absolute atomic E-state index is 5.81. The monoisotopic (exact) mass is 520 g/mol. The molecule has 4 aromatic heterocycles. The van der Waals surface area contributed by atoms with Crippen LogP contribution >= 0.6 is 11.3 Å². The Hall–Kier alpha value is -5.07. The number of nitrogens with zero attached hydrogens (tertiary/aromatic N) is 4. The fraction of sp³-hybridized carbons (Fsp3) is 0. The molecule has 5 nitrogen and oxygen atoms in total. The number of fused-ring (bicyclic) bond motifs is 4. The predicted molar refractivity (Wildman–Crippen MR) is 158 cm³/mol. The third kappa shape index (κ3) is 3.57. The lowest BCUT2D eigenvalue weighted by atomic mass is 10.0. The van der Waals surface area contributed by atoms with Gasteiger partial charge in [-0.15, -0.1) is 11.3 Å². The summed E-state index contributed by atoms with van der Waals surface area (Å²) < 4.78 is 9.30. The van der Waals surface area contributed by atoms with Crippen molar-refractivity contribution in [2.75, 3.05) is 0 Å². The summed E-state index contributed by atoms with van der Waals surface area (Å²) in [4.78, 5) is 14.0. The van der Waals surface area contributed by atoms with Crippen molar-refractivity contribution < 1.29 is 4.42 Å². The molecule has 0 fully saturated rings. The van der Waals surface area contributed by atoms with Crippen LogP contribution in [0.2, 0.25) is 0 Å². The van der Waals surface area contributed by atoms with Crippen LogP contribution in [0.15, 0.2) is 126 Å². The van der Waals surface area contributed by atoms with Gasteiger partial charge in [-0.1, -0.05) is 54.6 Å². The number of para-hydroxylation sites is 2. The number of rotatable bonds is 4. The lowest BCUT2D eigenvalue weighted by Crippen LogP contribution is -1.99. The van der Waals surface area contributed by atoms with Gasteiger partial charge >= 0.3 is 0 Å². The summed E-state index contributed by atoms with van der Waals surface area (Å²) in [5.41, 5.74) is 8.14. The molecule has 39 heavy (non-hydrogen) atoms. The molecule has 0 bridgehead atoms. The Morgan fingerprint density at radius 3 is 2.38 bits per heavy atom. The molecule has 0 aliphatic carbocycles. The Bertz CT molecular complexity index is 2090. The van der Waals surface area contributed by atoms with Gasteiger partial charge in [-0.3, -0.25) is 4.98 Å². The molecule has 0 unspecified atom stereocenters. The van der Waals surface area contributed by atoms with Crippen LogP contribution in [0.4, 0.5) is 0 Å². The van der Waals surface area contributed by atoms with Gasteiger partial charge in [0.2, 0.25) is 5.89 Å². The van der Waals surface area contributed by atoms with Gasteiger partial charge in [-0.2, -0.15) is 0 Å². The van der Waals surface area contributed by atoms with Crippen LogP contribution in [0.25, 0.3) is 71.0 Å². The maximum atomic E-state index is 5.81. The number of benzene rings is 4. The van der Waals surface area contributed by atoms with Crippen LogP contribution in [0.3, 0.4) is 0 Å². The van der Waals surface area contributed by atoms with Crippen molar-refractivity contribution in [1.29, 1.82) is 0 Å². The van der Waals surface area contributed by atoms with Gasteiger partial charge in [0.15, 0.2) is 0 Å². The van der Waals surface area contributed by atoms with E-state index < -0.39 is 0 Å². The number of oxazole rings is 1. The molecule has 4 aromatic carbocycles. The highest BCUT2D eigenvalue weighted by Crippen LogP contribution is 2.40. The Morgan fingerprint density at radius 1 is 0.667 bits per heavy atom. The summed E-state index contributed by atoms with van der Waals surface area (Å²) in [5.74, 6) is 0.575. The van der Waals surface area contributed by atoms with E-state index in [9.17, 15) is 0 Å². The summed E-state index contributed by atoms with van der Waals surface area (Å²) in [6, 6.07) is 35.7. The van der Waals surface area contributed by atoms with Crippen LogP contribution < -0.4 is 0 Å². The number of hydrogen-bond acceptors (Lipinski definition) is 5. The maximum Gasteiger partial charge on any atom is 0.227 e. The van der Waals surface area contributed by atoms with Gasteiger partial charge in [0.05, 0.1) is 44.4 Å². The van der Waals surface area contributed by atoms with E-state index in [0.717, 1.165) is 49.6 Å². The van der Waals surface area contributed by atoms with Crippen molar-refractivity contribution in [3.05, 3.63) is 122 Å². The van der Waals surface area contributed by atoms with Crippen LogP contribution in [0.1, 0.15) is 0 Å². The standard InChI is InChI=1S/C33H20N4OS/c1-3-10-28-23(7-1)24-14-13-22(33-36-27-9-2-4-11-31(27)39-33)20-29(24)37(28)30-19-21(26-8-5-6-16-34-26)12-15-25(30)32-35-17-18-38-32/h1-20H. The van der Waals surface area contributed by atoms with Crippen LogP contribution in [-0.4, -0.2) is 19.5 Å². The Labute approximate surface area is 227 Å². The minimum atomic E-state index is 0.575. The topological polar surface area (TPSA) is 56.7 Å². The molecule has 8 rings (SSSR count). The highest BCUT2D eigenvalue weighted by molar-refractivity contribution is 7.21. The molecule has 0 saturated carbocycles. The molecule has 0 spiro atoms. The number of aromatic nitrogens is 4. The van der Waals surface area contributed by atoms with E-state index >= 15 is 0 Å². The molecule has 0 aliphatic heterocycles. The normalized spacial score (nSPS) is 11.6. The lowest BCUT2D eigenvalue weighted by molar-refractivity contribution is 0.574. The highest BCUT2D eigenvalue weighted by atomic mass is 32.1. The molecular weight excluding hydrogens is 500 g/mol. The zero-order valence-electron chi connectivity index (χ0n) is 20.7. The molecular formula is C33H20N4OS. The first-order valence-electron chi connectivity index (χ1n) is 12.7. The third-order valence-corrected chi connectivity index (χ3v) is 8.16. The minimum absolute atomic E-state index is 0.575. The second kappa shape index (κ2) is 8.75. The predicted octanol–water partition coefficient (Wildman–Crippen LogP) is 8.78. The summed E-state index contributed by atoms with van der Waals surface area (Å²) in [5, 5.41) is 3.37. The van der Waals surface area contributed by atoms with Gasteiger partial charge in [0.1, 0.15) is 11.3 Å². The van der Waals surface area contributed by atoms with Gasteiger partial charge in [-0.25, -0.2) is 9.97 Å². The van der Waals surface area contributed by atoms with Gasteiger partial charge < -0.3 is 8.98 Å². The van der Waals surface area contributed by atoms with Crippen molar-refractivity contribution in [2.45, 2.75) is 0 Å². The van der Waals surface area contributed by atoms with E-state index in [0.29, 0.717) is 5.89 Å². The van der Waals surface area contributed by atoms with E-state index in [2.05, 4.69) is 93.4 Å². The summed E-state index contributed by atoms with van der Waals surface area (Å²) in [7, 11) is 0. The highest BCUT2D eigenvalue weighted by Gasteiger charge is 2.19. The largest absolute Gasteiger partial charge is 0.444 e. The fourth-order valence-corrected chi connectivity index (χ4v) is 6.27. The lowest BCUT2D eigenvalue weighted by Gasteiger charge is -2.14. The van der Waals surface area contributed by atoms with Crippen LogP contribution in [0, 0.1) is 0 Å². The van der Waals surface area contributed by atoms with Crippen molar-refractivity contribution in [3.8, 4) is 39.0 Å². The number of hydrogen-bond donors (Lipinski definition) is 0.